The van der Waals surface area contributed by atoms with Gasteiger partial charge < -0.3 is 0 Å². The quantitative estimate of drug-likeness (QED) is 0.555. The lowest BCUT2D eigenvalue weighted by Gasteiger charge is -2.24. The van der Waals surface area contributed by atoms with E-state index in [9.17, 15) is 4.39 Å². The van der Waals surface area contributed by atoms with Crippen LogP contribution >= 0.6 is 0 Å². The number of halogens is 1. The molecule has 13 heavy (non-hydrogen) atoms. The summed E-state index contributed by atoms with van der Waals surface area (Å²) in [5.41, 5.74) is 0. The fourth-order valence-electron chi connectivity index (χ4n) is 1.74. The summed E-state index contributed by atoms with van der Waals surface area (Å²) in [5, 5.41) is 0. The lowest BCUT2D eigenvalue weighted by atomic mass is 9.82. The van der Waals surface area contributed by atoms with Crippen LogP contribution in [0.4, 0.5) is 4.39 Å². The van der Waals surface area contributed by atoms with Crippen LogP contribution in [0.5, 0.6) is 0 Å². The summed E-state index contributed by atoms with van der Waals surface area (Å²) < 4.78 is 9.50. The maximum absolute atomic E-state index is 9.50. The van der Waals surface area contributed by atoms with Crippen molar-refractivity contribution >= 4 is 0 Å². The Morgan fingerprint density at radius 1 is 1.00 bits per heavy atom. The van der Waals surface area contributed by atoms with Gasteiger partial charge in [0.1, 0.15) is 0 Å². The van der Waals surface area contributed by atoms with Crippen molar-refractivity contribution in [3.63, 3.8) is 0 Å². The minimum Gasteiger partial charge on any atom is -0.255 e. The summed E-state index contributed by atoms with van der Waals surface area (Å²) in [6, 6.07) is 0. The van der Waals surface area contributed by atoms with Crippen LogP contribution in [-0.4, -0.2) is 7.18 Å². The van der Waals surface area contributed by atoms with E-state index < -0.39 is 0 Å². The van der Waals surface area contributed by atoms with E-state index in [0.717, 1.165) is 11.8 Å². The molecule has 0 aromatic carbocycles. The fourth-order valence-corrected chi connectivity index (χ4v) is 1.74. The summed E-state index contributed by atoms with van der Waals surface area (Å²) in [4.78, 5) is 0. The van der Waals surface area contributed by atoms with Crippen LogP contribution in [0, 0.1) is 11.8 Å². The molecule has 1 rings (SSSR count). The van der Waals surface area contributed by atoms with Crippen LogP contribution in [0.25, 0.3) is 0 Å². The lowest BCUT2D eigenvalue weighted by molar-refractivity contribution is 0.284. The topological polar surface area (TPSA) is 0 Å². The molecule has 0 aliphatic heterocycles. The monoisotopic (exact) mass is 190 g/mol. The third kappa shape index (κ3) is 8.27. The van der Waals surface area contributed by atoms with E-state index in [0.29, 0.717) is 7.18 Å². The Labute approximate surface area is 83.9 Å². The highest BCUT2D eigenvalue weighted by Crippen LogP contribution is 2.29. The number of rotatable bonds is 1. The molecule has 0 aromatic heterocycles. The highest BCUT2D eigenvalue weighted by molar-refractivity contribution is 4.68. The molecule has 0 nitrogen and oxygen atoms in total. The zero-order valence-electron chi connectivity index (χ0n) is 10.1. The first-order valence-electron chi connectivity index (χ1n) is 5.70. The normalized spacial score (nSPS) is 26.3. The van der Waals surface area contributed by atoms with Gasteiger partial charge >= 0.3 is 0 Å². The number of alkyl halides is 1. The zero-order chi connectivity index (χ0) is 10.7. The van der Waals surface area contributed by atoms with Crippen molar-refractivity contribution < 1.29 is 4.39 Å². The van der Waals surface area contributed by atoms with Crippen molar-refractivity contribution in [3.8, 4) is 0 Å². The van der Waals surface area contributed by atoms with E-state index >= 15 is 0 Å². The third-order valence-corrected chi connectivity index (χ3v) is 2.71. The van der Waals surface area contributed by atoms with Crippen molar-refractivity contribution in [1.29, 1.82) is 0 Å². The average Bonchev–Trinajstić information content (AvgIpc) is 2.25. The summed E-state index contributed by atoms with van der Waals surface area (Å²) >= 11 is 0. The van der Waals surface area contributed by atoms with Crippen LogP contribution in [0.15, 0.2) is 0 Å². The van der Waals surface area contributed by atoms with Gasteiger partial charge in [0.15, 0.2) is 0 Å². The molecule has 82 valence electrons. The second kappa shape index (κ2) is 11.9. The van der Waals surface area contributed by atoms with Crippen LogP contribution in [0.2, 0.25) is 0 Å². The molecular weight excluding hydrogens is 163 g/mol. The van der Waals surface area contributed by atoms with E-state index in [2.05, 4.69) is 13.8 Å². The molecule has 1 heteroatoms. The Bertz CT molecular complexity index is 73.2. The molecule has 1 aliphatic carbocycles. The Morgan fingerprint density at radius 3 is 1.69 bits per heavy atom. The van der Waals surface area contributed by atoms with E-state index in [1.807, 2.05) is 13.8 Å². The Morgan fingerprint density at radius 2 is 1.38 bits per heavy atom. The molecule has 0 spiro atoms. The standard InChI is InChI=1S/C9H18.C2H6.CH3F/c1-3-9-6-4-8(2)5-7-9;2*1-2/h8-9H,3-7H2,1-2H3;1-2H3;1H3. The molecule has 0 unspecified atom stereocenters. The van der Waals surface area contributed by atoms with Crippen molar-refractivity contribution in [2.75, 3.05) is 7.18 Å². The van der Waals surface area contributed by atoms with E-state index in [-0.39, 0.29) is 0 Å². The second-order valence-corrected chi connectivity index (χ2v) is 3.53. The maximum atomic E-state index is 9.50. The first-order valence-corrected chi connectivity index (χ1v) is 5.70. The third-order valence-electron chi connectivity index (χ3n) is 2.71. The highest BCUT2D eigenvalue weighted by Gasteiger charge is 2.15. The highest BCUT2D eigenvalue weighted by atomic mass is 19.1. The Balaban J connectivity index is 0. The molecule has 0 bridgehead atoms. The molecule has 0 amide bonds. The molecule has 1 fully saturated rings. The summed E-state index contributed by atoms with van der Waals surface area (Å²) in [5.74, 6) is 2.09. The van der Waals surface area contributed by atoms with Gasteiger partial charge in [0, 0.05) is 0 Å². The first kappa shape index (κ1) is 15.4. The maximum Gasteiger partial charge on any atom is 0.0785 e. The largest absolute Gasteiger partial charge is 0.255 e. The van der Waals surface area contributed by atoms with Gasteiger partial charge in [-0.05, 0) is 11.8 Å². The second-order valence-electron chi connectivity index (χ2n) is 3.53. The van der Waals surface area contributed by atoms with Gasteiger partial charge in [0.25, 0.3) is 0 Å². The van der Waals surface area contributed by atoms with Crippen LogP contribution < -0.4 is 0 Å². The minimum absolute atomic E-state index is 0.500. The van der Waals surface area contributed by atoms with Crippen molar-refractivity contribution in [2.45, 2.75) is 59.8 Å². The van der Waals surface area contributed by atoms with Gasteiger partial charge in [-0.25, -0.2) is 0 Å². The SMILES string of the molecule is CC.CCC1CCC(C)CC1.CF. The molecule has 0 aromatic rings. The number of hydrogen-bond acceptors (Lipinski definition) is 0. The molecule has 0 radical (unpaired) electrons. The minimum atomic E-state index is 0.500. The number of hydrogen-bond donors (Lipinski definition) is 0. The van der Waals surface area contributed by atoms with Gasteiger partial charge in [-0.2, -0.15) is 0 Å². The predicted molar refractivity (Wildman–Crippen MR) is 59.8 cm³/mol. The Hall–Kier alpha value is -0.0700. The van der Waals surface area contributed by atoms with Crippen molar-refractivity contribution in [3.05, 3.63) is 0 Å². The summed E-state index contributed by atoms with van der Waals surface area (Å²) in [6.07, 6.45) is 7.37. The summed E-state index contributed by atoms with van der Waals surface area (Å²) in [7, 11) is 0.500. The van der Waals surface area contributed by atoms with Crippen molar-refractivity contribution in [2.24, 2.45) is 11.8 Å². The van der Waals surface area contributed by atoms with Gasteiger partial charge in [-0.3, -0.25) is 4.39 Å². The van der Waals surface area contributed by atoms with Crippen LogP contribution in [-0.2, 0) is 0 Å². The molecule has 0 atom stereocenters. The van der Waals surface area contributed by atoms with Gasteiger partial charge in [-0.15, -0.1) is 0 Å². The molecule has 1 aliphatic rings. The first-order chi connectivity index (χ1) is 6.33. The predicted octanol–water partition coefficient (Wildman–Crippen LogP) is 4.83. The molecule has 0 heterocycles. The van der Waals surface area contributed by atoms with Crippen LogP contribution in [0.3, 0.4) is 0 Å². The van der Waals surface area contributed by atoms with E-state index in [4.69, 9.17) is 0 Å². The smallest absolute Gasteiger partial charge is 0.0785 e. The molecule has 1 saturated carbocycles. The molecule has 0 saturated heterocycles. The van der Waals surface area contributed by atoms with Gasteiger partial charge in [0.05, 0.1) is 7.18 Å². The lowest BCUT2D eigenvalue weighted by Crippen LogP contribution is -2.10. The van der Waals surface area contributed by atoms with E-state index in [1.54, 1.807) is 0 Å². The molecular formula is C12H27F. The Kier molecular flexibility index (Phi) is 14.1. The average molecular weight is 190 g/mol. The zero-order valence-corrected chi connectivity index (χ0v) is 10.1. The fraction of sp³-hybridized carbons (Fsp3) is 1.00. The molecule has 0 N–H and O–H groups in total. The van der Waals surface area contributed by atoms with Gasteiger partial charge in [-0.1, -0.05) is 59.8 Å². The van der Waals surface area contributed by atoms with Crippen LogP contribution in [0.1, 0.15) is 59.8 Å². The summed E-state index contributed by atoms with van der Waals surface area (Å²) in [6.45, 7) is 8.70. The van der Waals surface area contributed by atoms with E-state index in [1.165, 1.54) is 32.1 Å². The van der Waals surface area contributed by atoms with Crippen molar-refractivity contribution in [1.82, 2.24) is 0 Å². The van der Waals surface area contributed by atoms with Gasteiger partial charge in [0.2, 0.25) is 0 Å².